The van der Waals surface area contributed by atoms with Crippen LogP contribution in [-0.2, 0) is 4.74 Å². The van der Waals surface area contributed by atoms with Gasteiger partial charge < -0.3 is 15.8 Å². The zero-order valence-corrected chi connectivity index (χ0v) is 13.8. The fourth-order valence-corrected chi connectivity index (χ4v) is 2.78. The molecule has 3 N–H and O–H groups in total. The number of rotatable bonds is 9. The second kappa shape index (κ2) is 9.90. The van der Waals surface area contributed by atoms with Gasteiger partial charge in [0.2, 0.25) is 0 Å². The summed E-state index contributed by atoms with van der Waals surface area (Å²) in [5.41, 5.74) is 5.80. The highest BCUT2D eigenvalue weighted by molar-refractivity contribution is 7.99. The highest BCUT2D eigenvalue weighted by Crippen LogP contribution is 2.24. The van der Waals surface area contributed by atoms with Crippen molar-refractivity contribution in [3.63, 3.8) is 0 Å². The maximum Gasteiger partial charge on any atom is 0.180 e. The molecule has 5 heteroatoms. The molecule has 1 heterocycles. The Morgan fingerprint density at radius 2 is 2.43 bits per heavy atom. The molecule has 3 atom stereocenters. The van der Waals surface area contributed by atoms with Gasteiger partial charge in [-0.15, -0.1) is 18.3 Å². The lowest BCUT2D eigenvalue weighted by Crippen LogP contribution is -2.18. The van der Waals surface area contributed by atoms with Crippen molar-refractivity contribution in [1.29, 1.82) is 0 Å². The smallest absolute Gasteiger partial charge is 0.180 e. The molecule has 0 fully saturated rings. The first-order valence-corrected chi connectivity index (χ1v) is 8.59. The number of allylic oxidation sites excluding steroid dienone is 1. The van der Waals surface area contributed by atoms with Crippen molar-refractivity contribution in [2.75, 3.05) is 12.3 Å². The van der Waals surface area contributed by atoms with Crippen LogP contribution in [0.1, 0.15) is 33.1 Å². The molecule has 21 heavy (non-hydrogen) atoms. The third-order valence-corrected chi connectivity index (χ3v) is 4.47. The summed E-state index contributed by atoms with van der Waals surface area (Å²) in [4.78, 5) is 0. The van der Waals surface area contributed by atoms with Crippen LogP contribution >= 0.6 is 11.8 Å². The largest absolute Gasteiger partial charge is 0.477 e. The fourth-order valence-electron chi connectivity index (χ4n) is 1.95. The zero-order chi connectivity index (χ0) is 15.7. The van der Waals surface area contributed by atoms with Crippen LogP contribution in [0.2, 0.25) is 0 Å². The number of hydrogen-bond donors (Lipinski definition) is 2. The van der Waals surface area contributed by atoms with Gasteiger partial charge in [0, 0.05) is 24.7 Å². The maximum atomic E-state index is 13.9. The molecule has 0 aromatic rings. The van der Waals surface area contributed by atoms with Gasteiger partial charge in [0.25, 0.3) is 0 Å². The Morgan fingerprint density at radius 3 is 3.10 bits per heavy atom. The highest BCUT2D eigenvalue weighted by Gasteiger charge is 2.16. The molecule has 0 saturated heterocycles. The lowest BCUT2D eigenvalue weighted by molar-refractivity contribution is 0.197. The van der Waals surface area contributed by atoms with E-state index in [-0.39, 0.29) is 23.2 Å². The highest BCUT2D eigenvalue weighted by atomic mass is 32.2. The molecule has 0 aliphatic carbocycles. The molecule has 0 radical (unpaired) electrons. The minimum atomic E-state index is -0.361. The first-order valence-electron chi connectivity index (χ1n) is 7.54. The van der Waals surface area contributed by atoms with Gasteiger partial charge in [-0.05, 0) is 38.0 Å². The average molecular weight is 314 g/mol. The summed E-state index contributed by atoms with van der Waals surface area (Å²) < 4.78 is 19.6. The molecule has 0 amide bonds. The van der Waals surface area contributed by atoms with Crippen molar-refractivity contribution >= 4 is 11.8 Å². The normalized spacial score (nSPS) is 21.4. The summed E-state index contributed by atoms with van der Waals surface area (Å²) in [6.45, 7) is 8.43. The van der Waals surface area contributed by atoms with E-state index >= 15 is 0 Å². The van der Waals surface area contributed by atoms with Crippen molar-refractivity contribution in [3.05, 3.63) is 36.5 Å². The lowest BCUT2D eigenvalue weighted by Gasteiger charge is -2.16. The number of nitrogens with two attached hydrogens (primary N) is 1. The van der Waals surface area contributed by atoms with E-state index in [1.807, 2.05) is 6.92 Å². The molecule has 1 rings (SSSR count). The third kappa shape index (κ3) is 7.05. The van der Waals surface area contributed by atoms with E-state index in [1.54, 1.807) is 23.9 Å². The minimum absolute atomic E-state index is 0.0734. The Bertz CT molecular complexity index is 384. The van der Waals surface area contributed by atoms with E-state index < -0.39 is 0 Å². The molecule has 1 aliphatic rings. The van der Waals surface area contributed by atoms with Gasteiger partial charge in [-0.2, -0.15) is 0 Å². The van der Waals surface area contributed by atoms with Crippen LogP contribution in [0.3, 0.4) is 0 Å². The molecule has 120 valence electrons. The predicted octanol–water partition coefficient (Wildman–Crippen LogP) is 3.70. The molecule has 0 saturated carbocycles. The van der Waals surface area contributed by atoms with Crippen LogP contribution in [0.25, 0.3) is 0 Å². The van der Waals surface area contributed by atoms with Gasteiger partial charge in [-0.25, -0.2) is 4.39 Å². The SMILES string of the molecule is C=CC1C=C(O[C@@H](C)SCCCC(N)CC)C(F)=CNC1. The van der Waals surface area contributed by atoms with Crippen molar-refractivity contribution in [3.8, 4) is 0 Å². The third-order valence-electron chi connectivity index (χ3n) is 3.38. The number of hydrogen-bond acceptors (Lipinski definition) is 4. The Morgan fingerprint density at radius 1 is 1.67 bits per heavy atom. The molecule has 0 spiro atoms. The second-order valence-electron chi connectivity index (χ2n) is 5.20. The first-order chi connectivity index (χ1) is 10.1. The van der Waals surface area contributed by atoms with Crippen LogP contribution in [0.4, 0.5) is 4.39 Å². The monoisotopic (exact) mass is 314 g/mol. The zero-order valence-electron chi connectivity index (χ0n) is 13.0. The minimum Gasteiger partial charge on any atom is -0.477 e. The Hall–Kier alpha value is -0.940. The van der Waals surface area contributed by atoms with Gasteiger partial charge in [-0.1, -0.05) is 13.0 Å². The van der Waals surface area contributed by atoms with Crippen LogP contribution < -0.4 is 11.1 Å². The predicted molar refractivity (Wildman–Crippen MR) is 89.5 cm³/mol. The van der Waals surface area contributed by atoms with E-state index in [0.29, 0.717) is 12.3 Å². The number of ether oxygens (including phenoxy) is 1. The number of nitrogens with one attached hydrogen (secondary N) is 1. The van der Waals surface area contributed by atoms with E-state index in [1.165, 1.54) is 6.20 Å². The van der Waals surface area contributed by atoms with E-state index in [4.69, 9.17) is 10.5 Å². The van der Waals surface area contributed by atoms with Crippen molar-refractivity contribution in [1.82, 2.24) is 5.32 Å². The molecule has 2 unspecified atom stereocenters. The van der Waals surface area contributed by atoms with E-state index in [0.717, 1.165) is 25.0 Å². The van der Waals surface area contributed by atoms with Gasteiger partial charge in [0.15, 0.2) is 11.6 Å². The lowest BCUT2D eigenvalue weighted by atomic mass is 10.1. The van der Waals surface area contributed by atoms with Crippen molar-refractivity contribution in [2.24, 2.45) is 11.7 Å². The van der Waals surface area contributed by atoms with Gasteiger partial charge in [0.05, 0.1) is 0 Å². The molecular weight excluding hydrogens is 287 g/mol. The summed E-state index contributed by atoms with van der Waals surface area (Å²) in [7, 11) is 0. The van der Waals surface area contributed by atoms with Crippen LogP contribution in [0.15, 0.2) is 36.5 Å². The van der Waals surface area contributed by atoms with Gasteiger partial charge >= 0.3 is 0 Å². The van der Waals surface area contributed by atoms with Crippen LogP contribution in [0, 0.1) is 5.92 Å². The Labute approximate surface area is 131 Å². The standard InChI is InChI=1S/C16H27FN2OS/c1-4-13-9-16(15(17)11-19-10-13)20-12(3)21-8-6-7-14(18)5-2/h4,9,11-14,19H,1,5-8,10,18H2,2-3H3/t12-,13?,14?/m1/s1. The topological polar surface area (TPSA) is 47.3 Å². The van der Waals surface area contributed by atoms with Crippen LogP contribution in [0.5, 0.6) is 0 Å². The maximum absolute atomic E-state index is 13.9. The second-order valence-corrected chi connectivity index (χ2v) is 6.60. The van der Waals surface area contributed by atoms with Gasteiger partial charge in [0.1, 0.15) is 5.44 Å². The van der Waals surface area contributed by atoms with Crippen molar-refractivity contribution in [2.45, 2.75) is 44.6 Å². The molecule has 3 nitrogen and oxygen atoms in total. The number of halogens is 1. The first kappa shape index (κ1) is 18.1. The van der Waals surface area contributed by atoms with E-state index in [2.05, 4.69) is 18.8 Å². The van der Waals surface area contributed by atoms with Crippen molar-refractivity contribution < 1.29 is 9.13 Å². The Balaban J connectivity index is 2.39. The average Bonchev–Trinajstić information content (AvgIpc) is 2.65. The summed E-state index contributed by atoms with van der Waals surface area (Å²) >= 11 is 1.68. The molecule has 1 aliphatic heterocycles. The molecule has 0 aromatic carbocycles. The van der Waals surface area contributed by atoms with Gasteiger partial charge in [-0.3, -0.25) is 0 Å². The summed E-state index contributed by atoms with van der Waals surface area (Å²) in [5.74, 6) is 0.982. The quantitative estimate of drug-likeness (QED) is 0.387. The summed E-state index contributed by atoms with van der Waals surface area (Å²) in [6.07, 6.45) is 8.01. The summed E-state index contributed by atoms with van der Waals surface area (Å²) in [5, 5.41) is 2.91. The van der Waals surface area contributed by atoms with E-state index in [9.17, 15) is 4.39 Å². The molecule has 0 aromatic heterocycles. The Kier molecular flexibility index (Phi) is 8.54. The molecular formula is C16H27FN2OS. The number of thioether (sulfide) groups is 1. The van der Waals surface area contributed by atoms with Crippen LogP contribution in [-0.4, -0.2) is 23.8 Å². The molecule has 0 bridgehead atoms. The summed E-state index contributed by atoms with van der Waals surface area (Å²) in [6, 6.07) is 0.284. The fraction of sp³-hybridized carbons (Fsp3) is 0.625.